The molecule has 0 aromatic carbocycles. The lowest BCUT2D eigenvalue weighted by Gasteiger charge is -2.32. The van der Waals surface area contributed by atoms with E-state index in [1.807, 2.05) is 17.6 Å². The van der Waals surface area contributed by atoms with Crippen molar-refractivity contribution in [2.45, 2.75) is 36.7 Å². The molecule has 2 atom stereocenters. The molecule has 3 rings (SSSR count). The molecule has 2 unspecified atom stereocenters. The van der Waals surface area contributed by atoms with Crippen molar-refractivity contribution in [1.82, 2.24) is 19.7 Å². The van der Waals surface area contributed by atoms with E-state index in [4.69, 9.17) is 10.2 Å². The largest absolute Gasteiger partial charge is 0.461 e. The monoisotopic (exact) mass is 389 g/mol. The molecule has 0 radical (unpaired) electrons. The number of likely N-dealkylation sites (tertiary alicyclic amines) is 1. The van der Waals surface area contributed by atoms with Crippen LogP contribution >= 0.6 is 11.8 Å². The first kappa shape index (κ1) is 19.2. The number of nitrogens with two attached hydrogens (primary N) is 1. The van der Waals surface area contributed by atoms with Crippen molar-refractivity contribution in [3.63, 3.8) is 0 Å². The van der Waals surface area contributed by atoms with E-state index < -0.39 is 0 Å². The number of allylic oxidation sites excluding steroid dienone is 1. The number of carbonyl (C=O) groups excluding carboxylic acids is 2. The van der Waals surface area contributed by atoms with Gasteiger partial charge in [0.1, 0.15) is 0 Å². The molecule has 2 amide bonds. The van der Waals surface area contributed by atoms with Gasteiger partial charge in [0.15, 0.2) is 10.9 Å². The Bertz CT molecular complexity index is 817. The van der Waals surface area contributed by atoms with Gasteiger partial charge < -0.3 is 15.1 Å². The average molecular weight is 389 g/mol. The molecular formula is C18H23N5O3S. The van der Waals surface area contributed by atoms with Crippen molar-refractivity contribution in [2.24, 2.45) is 11.7 Å². The first-order valence-electron chi connectivity index (χ1n) is 8.84. The van der Waals surface area contributed by atoms with Crippen LogP contribution in [0.1, 0.15) is 19.8 Å². The predicted octanol–water partition coefficient (Wildman–Crippen LogP) is 1.93. The molecule has 144 valence electrons. The molecule has 9 heteroatoms. The summed E-state index contributed by atoms with van der Waals surface area (Å²) < 4.78 is 7.28. The third-order valence-corrected chi connectivity index (χ3v) is 5.60. The van der Waals surface area contributed by atoms with E-state index in [1.165, 1.54) is 11.8 Å². The fraction of sp³-hybridized carbons (Fsp3) is 0.444. The first-order valence-corrected chi connectivity index (χ1v) is 9.72. The smallest absolute Gasteiger partial charge is 0.235 e. The standard InChI is InChI=1S/C18H23N5O3S/c1-3-8-23-16(14-7-5-10-26-14)20-21-18(23)27-12(2)17(25)22-9-4-6-13(11-22)15(19)24/h3,5,7,10,12-13H,1,4,6,8-9,11H2,2H3,(H2,19,24). The van der Waals surface area contributed by atoms with Crippen LogP contribution in [0.5, 0.6) is 0 Å². The van der Waals surface area contributed by atoms with E-state index in [0.29, 0.717) is 36.4 Å². The van der Waals surface area contributed by atoms with Crippen LogP contribution in [0.3, 0.4) is 0 Å². The predicted molar refractivity (Wildman–Crippen MR) is 102 cm³/mol. The number of carbonyl (C=O) groups is 2. The van der Waals surface area contributed by atoms with Crippen LogP contribution in [0.25, 0.3) is 11.6 Å². The Labute approximate surface area is 161 Å². The molecule has 27 heavy (non-hydrogen) atoms. The van der Waals surface area contributed by atoms with Gasteiger partial charge in [0.2, 0.25) is 17.6 Å². The normalized spacial score (nSPS) is 18.3. The summed E-state index contributed by atoms with van der Waals surface area (Å²) in [5.41, 5.74) is 5.41. The SMILES string of the molecule is C=CCn1c(SC(C)C(=O)N2CCCC(C(N)=O)C2)nnc1-c1ccco1. The summed E-state index contributed by atoms with van der Waals surface area (Å²) in [5, 5.41) is 8.68. The van der Waals surface area contributed by atoms with Crippen LogP contribution in [0.4, 0.5) is 0 Å². The van der Waals surface area contributed by atoms with Crippen LogP contribution in [0.2, 0.25) is 0 Å². The zero-order chi connectivity index (χ0) is 19.4. The maximum atomic E-state index is 12.8. The topological polar surface area (TPSA) is 107 Å². The van der Waals surface area contributed by atoms with Gasteiger partial charge in [0.05, 0.1) is 17.4 Å². The lowest BCUT2D eigenvalue weighted by molar-refractivity contribution is -0.134. The number of aromatic nitrogens is 3. The highest BCUT2D eigenvalue weighted by Gasteiger charge is 2.30. The van der Waals surface area contributed by atoms with Crippen molar-refractivity contribution in [3.8, 4) is 11.6 Å². The summed E-state index contributed by atoms with van der Waals surface area (Å²) in [5.74, 6) is 0.555. The number of nitrogens with zero attached hydrogens (tertiary/aromatic N) is 4. The molecule has 2 aromatic rings. The van der Waals surface area contributed by atoms with E-state index in [1.54, 1.807) is 23.3 Å². The molecule has 2 N–H and O–H groups in total. The summed E-state index contributed by atoms with van der Waals surface area (Å²) in [7, 11) is 0. The Hall–Kier alpha value is -2.55. The van der Waals surface area contributed by atoms with Crippen LogP contribution in [-0.2, 0) is 16.1 Å². The van der Waals surface area contributed by atoms with Gasteiger partial charge >= 0.3 is 0 Å². The Balaban J connectivity index is 1.73. The lowest BCUT2D eigenvalue weighted by atomic mass is 9.97. The molecule has 3 heterocycles. The number of hydrogen-bond acceptors (Lipinski definition) is 6. The highest BCUT2D eigenvalue weighted by Crippen LogP contribution is 2.29. The minimum absolute atomic E-state index is 0.0290. The minimum Gasteiger partial charge on any atom is -0.461 e. The number of rotatable bonds is 7. The van der Waals surface area contributed by atoms with Crippen LogP contribution < -0.4 is 5.73 Å². The zero-order valence-corrected chi connectivity index (χ0v) is 16.0. The molecule has 1 aliphatic heterocycles. The van der Waals surface area contributed by atoms with Gasteiger partial charge in [0.25, 0.3) is 0 Å². The van der Waals surface area contributed by atoms with Gasteiger partial charge in [-0.3, -0.25) is 14.2 Å². The van der Waals surface area contributed by atoms with Gasteiger partial charge in [0, 0.05) is 19.6 Å². The van der Waals surface area contributed by atoms with Gasteiger partial charge in [-0.05, 0) is 31.9 Å². The van der Waals surface area contributed by atoms with E-state index in [9.17, 15) is 9.59 Å². The number of piperidine rings is 1. The van der Waals surface area contributed by atoms with E-state index in [0.717, 1.165) is 12.8 Å². The summed E-state index contributed by atoms with van der Waals surface area (Å²) in [6.07, 6.45) is 4.84. The van der Waals surface area contributed by atoms with E-state index in [2.05, 4.69) is 16.8 Å². The number of thioether (sulfide) groups is 1. The van der Waals surface area contributed by atoms with Crippen LogP contribution in [-0.4, -0.2) is 49.8 Å². The second-order valence-corrected chi connectivity index (χ2v) is 7.78. The molecule has 2 aromatic heterocycles. The Morgan fingerprint density at radius 2 is 2.33 bits per heavy atom. The Kier molecular flexibility index (Phi) is 6.00. The summed E-state index contributed by atoms with van der Waals surface area (Å²) in [6, 6.07) is 3.59. The van der Waals surface area contributed by atoms with Crippen molar-refractivity contribution in [1.29, 1.82) is 0 Å². The van der Waals surface area contributed by atoms with Crippen molar-refractivity contribution >= 4 is 23.6 Å². The minimum atomic E-state index is -0.367. The lowest BCUT2D eigenvalue weighted by Crippen LogP contribution is -2.46. The molecular weight excluding hydrogens is 366 g/mol. The van der Waals surface area contributed by atoms with E-state index >= 15 is 0 Å². The number of furan rings is 1. The Morgan fingerprint density at radius 1 is 1.52 bits per heavy atom. The quantitative estimate of drug-likeness (QED) is 0.573. The maximum Gasteiger partial charge on any atom is 0.235 e. The second-order valence-electron chi connectivity index (χ2n) is 6.47. The van der Waals surface area contributed by atoms with Gasteiger partial charge in [-0.2, -0.15) is 0 Å². The van der Waals surface area contributed by atoms with Crippen LogP contribution in [0, 0.1) is 5.92 Å². The summed E-state index contributed by atoms with van der Waals surface area (Å²) >= 11 is 1.33. The molecule has 0 bridgehead atoms. The maximum absolute atomic E-state index is 12.8. The average Bonchev–Trinajstić information content (AvgIpc) is 3.32. The molecule has 0 saturated carbocycles. The fourth-order valence-electron chi connectivity index (χ4n) is 3.13. The van der Waals surface area contributed by atoms with Crippen LogP contribution in [0.15, 0.2) is 40.6 Å². The number of primary amides is 1. The van der Waals surface area contributed by atoms with Gasteiger partial charge in [-0.1, -0.05) is 17.8 Å². The molecule has 1 fully saturated rings. The molecule has 1 saturated heterocycles. The zero-order valence-electron chi connectivity index (χ0n) is 15.2. The Morgan fingerprint density at radius 3 is 3.00 bits per heavy atom. The number of hydrogen-bond donors (Lipinski definition) is 1. The molecule has 1 aliphatic rings. The highest BCUT2D eigenvalue weighted by molar-refractivity contribution is 8.00. The summed E-state index contributed by atoms with van der Waals surface area (Å²) in [6.45, 7) is 7.14. The molecule has 8 nitrogen and oxygen atoms in total. The third-order valence-electron chi connectivity index (χ3n) is 4.54. The number of amides is 2. The summed E-state index contributed by atoms with van der Waals surface area (Å²) in [4.78, 5) is 26.0. The van der Waals surface area contributed by atoms with Gasteiger partial charge in [-0.15, -0.1) is 16.8 Å². The molecule has 0 spiro atoms. The third kappa shape index (κ3) is 4.24. The second kappa shape index (κ2) is 8.43. The van der Waals surface area contributed by atoms with Crippen molar-refractivity contribution in [2.75, 3.05) is 13.1 Å². The van der Waals surface area contributed by atoms with E-state index in [-0.39, 0.29) is 23.0 Å². The van der Waals surface area contributed by atoms with Crippen molar-refractivity contribution < 1.29 is 14.0 Å². The van der Waals surface area contributed by atoms with Gasteiger partial charge in [-0.25, -0.2) is 0 Å². The first-order chi connectivity index (χ1) is 13.0. The highest BCUT2D eigenvalue weighted by atomic mass is 32.2. The molecule has 0 aliphatic carbocycles. The fourth-order valence-corrected chi connectivity index (χ4v) is 4.08. The van der Waals surface area contributed by atoms with Crippen molar-refractivity contribution in [3.05, 3.63) is 31.1 Å².